The summed E-state index contributed by atoms with van der Waals surface area (Å²) in [6, 6.07) is 0. The number of unbranched alkanes of at least 4 members (excludes halogenated alkanes) is 2. The average Bonchev–Trinajstić information content (AvgIpc) is 2.71. The van der Waals surface area contributed by atoms with Crippen LogP contribution in [-0.4, -0.2) is 6.17 Å². The normalized spacial score (nSPS) is 40.8. The molecule has 3 unspecified atom stereocenters. The number of hydrogen-bond acceptors (Lipinski definition) is 0. The highest BCUT2D eigenvalue weighted by Crippen LogP contribution is 2.47. The fourth-order valence-electron chi connectivity index (χ4n) is 6.97. The monoisotopic (exact) mass is 378 g/mol. The van der Waals surface area contributed by atoms with Gasteiger partial charge in [0, 0.05) is 0 Å². The van der Waals surface area contributed by atoms with E-state index >= 15 is 4.39 Å². The maximum atomic E-state index is 15.2. The van der Waals surface area contributed by atoms with Crippen molar-refractivity contribution < 1.29 is 4.39 Å². The Kier molecular flexibility index (Phi) is 8.98. The van der Waals surface area contributed by atoms with Crippen molar-refractivity contribution >= 4 is 0 Å². The molecule has 3 atom stereocenters. The van der Waals surface area contributed by atoms with Gasteiger partial charge >= 0.3 is 0 Å². The predicted octanol–water partition coefficient (Wildman–Crippen LogP) is 8.73. The van der Waals surface area contributed by atoms with Gasteiger partial charge in [-0.2, -0.15) is 0 Å². The fraction of sp³-hybridized carbons (Fsp3) is 1.00. The van der Waals surface area contributed by atoms with Crippen LogP contribution in [0.3, 0.4) is 0 Å². The van der Waals surface area contributed by atoms with Crippen LogP contribution < -0.4 is 0 Å². The van der Waals surface area contributed by atoms with Crippen molar-refractivity contribution in [3.05, 3.63) is 0 Å². The minimum atomic E-state index is -0.487. The van der Waals surface area contributed by atoms with E-state index in [1.807, 2.05) is 0 Å². The Balaban J connectivity index is 1.38. The van der Waals surface area contributed by atoms with Gasteiger partial charge in [-0.1, -0.05) is 78.1 Å². The summed E-state index contributed by atoms with van der Waals surface area (Å²) >= 11 is 0. The van der Waals surface area contributed by atoms with Crippen molar-refractivity contribution in [2.75, 3.05) is 0 Å². The first kappa shape index (κ1) is 21.6. The summed E-state index contributed by atoms with van der Waals surface area (Å²) in [5, 5.41) is 0. The quantitative estimate of drug-likeness (QED) is 0.396. The van der Waals surface area contributed by atoms with Crippen LogP contribution in [0.5, 0.6) is 0 Å². The van der Waals surface area contributed by atoms with Crippen molar-refractivity contribution in [3.63, 3.8) is 0 Å². The number of hydrogen-bond donors (Lipinski definition) is 0. The molecule has 0 N–H and O–H groups in total. The van der Waals surface area contributed by atoms with E-state index < -0.39 is 6.17 Å². The fourth-order valence-corrected chi connectivity index (χ4v) is 6.97. The van der Waals surface area contributed by atoms with Crippen molar-refractivity contribution in [2.45, 2.75) is 129 Å². The molecule has 3 rings (SSSR count). The van der Waals surface area contributed by atoms with Crippen LogP contribution in [-0.2, 0) is 0 Å². The topological polar surface area (TPSA) is 0 Å². The standard InChI is InChI=1S/C26H47F/c1-3-5-7-20-9-13-22(14-10-20)24-17-18-25(26(27)19-24)23-15-11-21(12-16-23)8-6-4-2/h20-26H,3-19H2,1-2H3. The van der Waals surface area contributed by atoms with E-state index in [4.69, 9.17) is 0 Å². The molecular weight excluding hydrogens is 331 g/mol. The summed E-state index contributed by atoms with van der Waals surface area (Å²) in [5.74, 6) is 4.63. The van der Waals surface area contributed by atoms with E-state index in [1.54, 1.807) is 0 Å². The lowest BCUT2D eigenvalue weighted by Crippen LogP contribution is -2.36. The molecule has 3 aliphatic carbocycles. The van der Waals surface area contributed by atoms with Crippen LogP contribution in [0.1, 0.15) is 123 Å². The lowest BCUT2D eigenvalue weighted by molar-refractivity contribution is 0.0324. The Morgan fingerprint density at radius 3 is 1.56 bits per heavy atom. The first-order chi connectivity index (χ1) is 13.2. The van der Waals surface area contributed by atoms with Gasteiger partial charge in [-0.15, -0.1) is 0 Å². The molecule has 0 nitrogen and oxygen atoms in total. The first-order valence-electron chi connectivity index (χ1n) is 12.8. The van der Waals surface area contributed by atoms with Gasteiger partial charge < -0.3 is 0 Å². The highest BCUT2D eigenvalue weighted by atomic mass is 19.1. The van der Waals surface area contributed by atoms with E-state index in [0.717, 1.165) is 24.2 Å². The van der Waals surface area contributed by atoms with Crippen molar-refractivity contribution in [1.29, 1.82) is 0 Å². The smallest absolute Gasteiger partial charge is 0.103 e. The SMILES string of the molecule is CCCCC1CCC(C2CCC(C3CCC(CCCC)CC3)C(F)C2)CC1. The van der Waals surface area contributed by atoms with Crippen LogP contribution in [0.2, 0.25) is 0 Å². The molecule has 0 aromatic heterocycles. The van der Waals surface area contributed by atoms with E-state index in [9.17, 15) is 0 Å². The summed E-state index contributed by atoms with van der Waals surface area (Å²) in [7, 11) is 0. The molecule has 3 saturated carbocycles. The Morgan fingerprint density at radius 2 is 1.07 bits per heavy atom. The second-order valence-corrected chi connectivity index (χ2v) is 10.6. The van der Waals surface area contributed by atoms with Crippen LogP contribution in [0.25, 0.3) is 0 Å². The maximum absolute atomic E-state index is 15.2. The van der Waals surface area contributed by atoms with Crippen LogP contribution in [0, 0.1) is 35.5 Å². The van der Waals surface area contributed by atoms with Gasteiger partial charge in [-0.3, -0.25) is 0 Å². The molecule has 3 fully saturated rings. The summed E-state index contributed by atoms with van der Waals surface area (Å²) in [6.45, 7) is 4.61. The van der Waals surface area contributed by atoms with Gasteiger partial charge in [0.05, 0.1) is 0 Å². The van der Waals surface area contributed by atoms with Crippen molar-refractivity contribution in [1.82, 2.24) is 0 Å². The van der Waals surface area contributed by atoms with Gasteiger partial charge in [0.2, 0.25) is 0 Å². The zero-order valence-corrected chi connectivity index (χ0v) is 18.4. The Bertz CT molecular complexity index is 389. The highest BCUT2D eigenvalue weighted by Gasteiger charge is 2.39. The number of alkyl halides is 1. The summed E-state index contributed by atoms with van der Waals surface area (Å²) in [6.07, 6.45) is 22.4. The third-order valence-electron chi connectivity index (χ3n) is 8.85. The van der Waals surface area contributed by atoms with Gasteiger partial charge in [0.1, 0.15) is 6.17 Å². The molecule has 0 heterocycles. The molecule has 0 aromatic rings. The second kappa shape index (κ2) is 11.2. The lowest BCUT2D eigenvalue weighted by atomic mass is 9.64. The summed E-state index contributed by atoms with van der Waals surface area (Å²) < 4.78 is 15.2. The lowest BCUT2D eigenvalue weighted by Gasteiger charge is -2.43. The van der Waals surface area contributed by atoms with Gasteiger partial charge in [-0.25, -0.2) is 4.39 Å². The summed E-state index contributed by atoms with van der Waals surface area (Å²) in [5.41, 5.74) is 0. The zero-order chi connectivity index (χ0) is 19.1. The molecule has 0 radical (unpaired) electrons. The van der Waals surface area contributed by atoms with Gasteiger partial charge in [-0.05, 0) is 80.5 Å². The molecule has 0 spiro atoms. The summed E-state index contributed by atoms with van der Waals surface area (Å²) in [4.78, 5) is 0. The Hall–Kier alpha value is -0.0700. The molecule has 0 saturated heterocycles. The van der Waals surface area contributed by atoms with Crippen molar-refractivity contribution in [3.8, 4) is 0 Å². The number of rotatable bonds is 8. The number of halogens is 1. The average molecular weight is 379 g/mol. The molecule has 0 aromatic carbocycles. The molecule has 27 heavy (non-hydrogen) atoms. The maximum Gasteiger partial charge on any atom is 0.103 e. The molecule has 3 aliphatic rings. The Morgan fingerprint density at radius 1 is 0.593 bits per heavy atom. The van der Waals surface area contributed by atoms with E-state index in [-0.39, 0.29) is 0 Å². The van der Waals surface area contributed by atoms with Gasteiger partial charge in [0.15, 0.2) is 0 Å². The Labute approximate surface area is 169 Å². The minimum absolute atomic E-state index is 0.411. The van der Waals surface area contributed by atoms with E-state index in [1.165, 1.54) is 103 Å². The van der Waals surface area contributed by atoms with E-state index in [2.05, 4.69) is 13.8 Å². The van der Waals surface area contributed by atoms with Crippen LogP contribution in [0.15, 0.2) is 0 Å². The molecular formula is C26H47F. The van der Waals surface area contributed by atoms with Gasteiger partial charge in [0.25, 0.3) is 0 Å². The largest absolute Gasteiger partial charge is 0.247 e. The third-order valence-corrected chi connectivity index (χ3v) is 8.85. The second-order valence-electron chi connectivity index (χ2n) is 10.6. The molecule has 0 amide bonds. The van der Waals surface area contributed by atoms with E-state index in [0.29, 0.717) is 17.8 Å². The van der Waals surface area contributed by atoms with Crippen LogP contribution >= 0.6 is 0 Å². The predicted molar refractivity (Wildman–Crippen MR) is 116 cm³/mol. The third kappa shape index (κ3) is 6.20. The minimum Gasteiger partial charge on any atom is -0.247 e. The molecule has 0 bridgehead atoms. The molecule has 1 heteroatoms. The molecule has 158 valence electrons. The highest BCUT2D eigenvalue weighted by molar-refractivity contribution is 4.90. The van der Waals surface area contributed by atoms with Crippen molar-refractivity contribution in [2.24, 2.45) is 35.5 Å². The first-order valence-corrected chi connectivity index (χ1v) is 12.8. The van der Waals surface area contributed by atoms with Crippen LogP contribution in [0.4, 0.5) is 4.39 Å². The molecule has 0 aliphatic heterocycles. The zero-order valence-electron chi connectivity index (χ0n) is 18.4.